The summed E-state index contributed by atoms with van der Waals surface area (Å²) >= 11 is 0. The number of ether oxygens (including phenoxy) is 1. The molecular formula is C16H22N2O2. The van der Waals surface area contributed by atoms with Crippen LogP contribution in [-0.4, -0.2) is 43.1 Å². The Labute approximate surface area is 120 Å². The van der Waals surface area contributed by atoms with Crippen LogP contribution >= 0.6 is 0 Å². The first-order valence-corrected chi connectivity index (χ1v) is 7.53. The van der Waals surface area contributed by atoms with Crippen molar-refractivity contribution in [3.05, 3.63) is 29.8 Å². The molecule has 2 atom stereocenters. The summed E-state index contributed by atoms with van der Waals surface area (Å²) in [4.78, 5) is 14.7. The molecule has 4 nitrogen and oxygen atoms in total. The Kier molecular flexibility index (Phi) is 3.92. The Balaban J connectivity index is 1.70. The number of likely N-dealkylation sites (tertiary alicyclic amines) is 1. The fourth-order valence-corrected chi connectivity index (χ4v) is 3.22. The summed E-state index contributed by atoms with van der Waals surface area (Å²) in [5.74, 6) is 0.968. The second-order valence-corrected chi connectivity index (χ2v) is 5.58. The first-order valence-electron chi connectivity index (χ1n) is 7.53. The number of hydrogen-bond acceptors (Lipinski definition) is 3. The Hall–Kier alpha value is -1.55. The van der Waals surface area contributed by atoms with Gasteiger partial charge in [0.05, 0.1) is 0 Å². The topological polar surface area (TPSA) is 41.6 Å². The van der Waals surface area contributed by atoms with E-state index in [9.17, 15) is 4.79 Å². The van der Waals surface area contributed by atoms with Crippen LogP contribution in [0.25, 0.3) is 0 Å². The minimum absolute atomic E-state index is 0.119. The zero-order valence-corrected chi connectivity index (χ0v) is 12.0. The number of likely N-dealkylation sites (N-methyl/N-ethyl adjacent to an activating group) is 1. The van der Waals surface area contributed by atoms with Crippen LogP contribution in [0.4, 0.5) is 0 Å². The summed E-state index contributed by atoms with van der Waals surface area (Å²) < 4.78 is 5.63. The highest BCUT2D eigenvalue weighted by molar-refractivity contribution is 5.85. The number of nitrogens with one attached hydrogen (secondary N) is 1. The summed E-state index contributed by atoms with van der Waals surface area (Å²) in [5, 5.41) is 3.45. The molecule has 1 N–H and O–H groups in total. The number of carbonyl (C=O) groups is 1. The molecule has 20 heavy (non-hydrogen) atoms. The standard InChI is InChI=1S/C16H22N2O2/c1-2-17-12-6-5-9-18(10-12)16(19)14-11-20-15-8-4-3-7-13(14)15/h3-4,7-8,12,14,17H,2,5-6,9-11H2,1H3. The molecule has 0 saturated carbocycles. The molecular weight excluding hydrogens is 252 g/mol. The number of hydrogen-bond donors (Lipinski definition) is 1. The molecule has 2 aliphatic heterocycles. The maximum Gasteiger partial charge on any atom is 0.233 e. The van der Waals surface area contributed by atoms with Gasteiger partial charge in [-0.25, -0.2) is 0 Å². The first-order chi connectivity index (χ1) is 9.79. The smallest absolute Gasteiger partial charge is 0.233 e. The lowest BCUT2D eigenvalue weighted by atomic mass is 9.97. The third-order valence-electron chi connectivity index (χ3n) is 4.22. The molecule has 1 aromatic rings. The minimum Gasteiger partial charge on any atom is -0.492 e. The van der Waals surface area contributed by atoms with Gasteiger partial charge < -0.3 is 15.0 Å². The van der Waals surface area contributed by atoms with Crippen LogP contribution in [-0.2, 0) is 4.79 Å². The van der Waals surface area contributed by atoms with Crippen LogP contribution in [0.1, 0.15) is 31.2 Å². The maximum absolute atomic E-state index is 12.7. The van der Waals surface area contributed by atoms with Crippen LogP contribution in [0.3, 0.4) is 0 Å². The van der Waals surface area contributed by atoms with Gasteiger partial charge in [0.2, 0.25) is 5.91 Å². The number of fused-ring (bicyclic) bond motifs is 1. The van der Waals surface area contributed by atoms with Crippen LogP contribution in [0, 0.1) is 0 Å². The Morgan fingerprint density at radius 2 is 2.30 bits per heavy atom. The van der Waals surface area contributed by atoms with Crippen molar-refractivity contribution in [1.29, 1.82) is 0 Å². The summed E-state index contributed by atoms with van der Waals surface area (Å²) in [6, 6.07) is 8.33. The number of nitrogens with zero attached hydrogens (tertiary/aromatic N) is 1. The summed E-state index contributed by atoms with van der Waals surface area (Å²) in [5.41, 5.74) is 1.04. The molecule has 4 heteroatoms. The molecule has 2 aliphatic rings. The lowest BCUT2D eigenvalue weighted by molar-refractivity contribution is -0.134. The lowest BCUT2D eigenvalue weighted by Gasteiger charge is -2.34. The second-order valence-electron chi connectivity index (χ2n) is 5.58. The average Bonchev–Trinajstić information content (AvgIpc) is 2.91. The van der Waals surface area contributed by atoms with E-state index in [1.165, 1.54) is 0 Å². The fraction of sp³-hybridized carbons (Fsp3) is 0.562. The lowest BCUT2D eigenvalue weighted by Crippen LogP contribution is -2.49. The Bertz CT molecular complexity index is 487. The van der Waals surface area contributed by atoms with E-state index in [2.05, 4.69) is 12.2 Å². The van der Waals surface area contributed by atoms with E-state index in [-0.39, 0.29) is 11.8 Å². The first kappa shape index (κ1) is 13.4. The van der Waals surface area contributed by atoms with E-state index in [4.69, 9.17) is 4.74 Å². The van der Waals surface area contributed by atoms with Gasteiger partial charge in [-0.2, -0.15) is 0 Å². The van der Waals surface area contributed by atoms with Crippen molar-refractivity contribution < 1.29 is 9.53 Å². The molecule has 0 radical (unpaired) electrons. The molecule has 2 heterocycles. The molecule has 3 rings (SSSR count). The number of rotatable bonds is 3. The Morgan fingerprint density at radius 1 is 1.45 bits per heavy atom. The third-order valence-corrected chi connectivity index (χ3v) is 4.22. The molecule has 1 aromatic carbocycles. The number of piperidine rings is 1. The summed E-state index contributed by atoms with van der Waals surface area (Å²) in [6.45, 7) is 5.26. The van der Waals surface area contributed by atoms with Crippen molar-refractivity contribution in [1.82, 2.24) is 10.2 Å². The van der Waals surface area contributed by atoms with E-state index in [1.807, 2.05) is 29.2 Å². The van der Waals surface area contributed by atoms with Crippen molar-refractivity contribution in [2.75, 3.05) is 26.2 Å². The number of carbonyl (C=O) groups excluding carboxylic acids is 1. The van der Waals surface area contributed by atoms with Crippen LogP contribution in [0.2, 0.25) is 0 Å². The quantitative estimate of drug-likeness (QED) is 0.913. The van der Waals surface area contributed by atoms with Gasteiger partial charge >= 0.3 is 0 Å². The van der Waals surface area contributed by atoms with Gasteiger partial charge in [0.15, 0.2) is 0 Å². The zero-order chi connectivity index (χ0) is 13.9. The van der Waals surface area contributed by atoms with E-state index < -0.39 is 0 Å². The van der Waals surface area contributed by atoms with Crippen LogP contribution in [0.15, 0.2) is 24.3 Å². The molecule has 2 unspecified atom stereocenters. The van der Waals surface area contributed by atoms with Crippen molar-refractivity contribution >= 4 is 5.91 Å². The van der Waals surface area contributed by atoms with Crippen LogP contribution in [0.5, 0.6) is 5.75 Å². The Morgan fingerprint density at radius 3 is 3.15 bits per heavy atom. The largest absolute Gasteiger partial charge is 0.492 e. The van der Waals surface area contributed by atoms with Gasteiger partial charge in [-0.3, -0.25) is 4.79 Å². The highest BCUT2D eigenvalue weighted by Crippen LogP contribution is 2.35. The highest BCUT2D eigenvalue weighted by Gasteiger charge is 2.34. The number of para-hydroxylation sites is 1. The molecule has 0 aromatic heterocycles. The van der Waals surface area contributed by atoms with E-state index in [0.29, 0.717) is 12.6 Å². The van der Waals surface area contributed by atoms with Gasteiger partial charge in [0.25, 0.3) is 0 Å². The van der Waals surface area contributed by atoms with Crippen molar-refractivity contribution in [3.63, 3.8) is 0 Å². The second kappa shape index (κ2) is 5.83. The van der Waals surface area contributed by atoms with Gasteiger partial charge in [-0.1, -0.05) is 25.1 Å². The van der Waals surface area contributed by atoms with Gasteiger partial charge in [-0.05, 0) is 25.5 Å². The van der Waals surface area contributed by atoms with E-state index >= 15 is 0 Å². The fourth-order valence-electron chi connectivity index (χ4n) is 3.22. The van der Waals surface area contributed by atoms with Crippen molar-refractivity contribution in [3.8, 4) is 5.75 Å². The number of benzene rings is 1. The average molecular weight is 274 g/mol. The van der Waals surface area contributed by atoms with Gasteiger partial charge in [0, 0.05) is 24.7 Å². The van der Waals surface area contributed by atoms with E-state index in [1.54, 1.807) is 0 Å². The molecule has 1 saturated heterocycles. The van der Waals surface area contributed by atoms with Crippen molar-refractivity contribution in [2.45, 2.75) is 31.7 Å². The molecule has 1 amide bonds. The zero-order valence-electron chi connectivity index (χ0n) is 12.0. The molecule has 0 aliphatic carbocycles. The summed E-state index contributed by atoms with van der Waals surface area (Å²) in [7, 11) is 0. The molecule has 1 fully saturated rings. The SMILES string of the molecule is CCNC1CCCN(C(=O)C2COc3ccccc32)C1. The van der Waals surface area contributed by atoms with Crippen molar-refractivity contribution in [2.24, 2.45) is 0 Å². The predicted octanol–water partition coefficient (Wildman–Crippen LogP) is 1.76. The number of amides is 1. The summed E-state index contributed by atoms with van der Waals surface area (Å²) in [6.07, 6.45) is 2.24. The van der Waals surface area contributed by atoms with Crippen LogP contribution < -0.4 is 10.1 Å². The molecule has 0 spiro atoms. The van der Waals surface area contributed by atoms with E-state index in [0.717, 1.165) is 43.8 Å². The maximum atomic E-state index is 12.7. The highest BCUT2D eigenvalue weighted by atomic mass is 16.5. The van der Waals surface area contributed by atoms with Gasteiger partial charge in [0.1, 0.15) is 18.3 Å². The molecule has 108 valence electrons. The predicted molar refractivity (Wildman–Crippen MR) is 78.0 cm³/mol. The minimum atomic E-state index is -0.119. The third kappa shape index (κ3) is 2.52. The monoisotopic (exact) mass is 274 g/mol. The normalized spacial score (nSPS) is 25.1. The van der Waals surface area contributed by atoms with Gasteiger partial charge in [-0.15, -0.1) is 0 Å². The molecule has 0 bridgehead atoms.